The number of aliphatic hydroxyl groups is 2. The van der Waals surface area contributed by atoms with Gasteiger partial charge in [0.25, 0.3) is 7.82 Å². The Bertz CT molecular complexity index is 3360. The molecule has 0 saturated carbocycles. The Morgan fingerprint density at radius 1 is 0.910 bits per heavy atom. The SMILES string of the molecule is CCC[C@@H]1C2=NC(=C(C)C3=N[C@@](C)([C@@H]4N=C(C(C)=C5[N-]C(=C2)C(C)(C)[C@@H]5CCC(N)=O)[C@](C)(CCC(=O)NC[C@@H](C)OP(=O)([O-])OC2C(O)C(n5cnc6cc(C)c(C)cc65)O[C@@H]2CO)[C@H]4CNC=O)[C@@](C)(CNC=O)[C@@H]3CCC(N)=O)[C@@]1(C)CC(N)=O.[CoH+2]. The van der Waals surface area contributed by atoms with Gasteiger partial charge < -0.3 is 71.9 Å². The van der Waals surface area contributed by atoms with Crippen molar-refractivity contribution in [2.75, 3.05) is 26.2 Å². The average molecular weight is 1300 g/mol. The fourth-order valence-electron chi connectivity index (χ4n) is 15.2. The second-order valence-electron chi connectivity index (χ2n) is 26.5. The van der Waals surface area contributed by atoms with E-state index in [0.717, 1.165) is 17.5 Å². The Balaban J connectivity index is 0.0000113. The number of allylic oxidation sites excluding steroid dienone is 6. The van der Waals surface area contributed by atoms with Crippen LogP contribution in [0, 0.1) is 59.2 Å². The number of aliphatic hydroxyl groups excluding tert-OH is 2. The summed E-state index contributed by atoms with van der Waals surface area (Å²) in [6.07, 6.45) is -0.456. The van der Waals surface area contributed by atoms with Crippen LogP contribution in [0.3, 0.4) is 0 Å². The Hall–Kier alpha value is -5.96. The molecule has 2 aromatic rings. The standard InChI is InChI=1S/C62H91N12O13P.Co.H/c1-13-14-37-41-23-45-58(7,8)38(15-17-46(63)78)50(71-45)35(5)54-59(9,20-19-49(81)68-25-34(4)86-88(83,84)87-53-44(27-75)85-57(52(53)82)74-29-69-42-21-32(2)33(3)22-43(42)74)40(26-66-30-76)56(72-54)62(12)61(11,28-67-31-77)39(16-18-47(64)79)51(73-62)36(6)55(70-41)60(37,10)24-48(65)80;;/h21-23,29-31,34,37-40,44,52-53,56-57,75,82H,13-20,24-28H2,1-12H3,(H11,63,64,65,66,67,68,70,71,72,73,76,77,78,79,80,81,83,84);;/q;+2;/p-2/t34-,37-,38-,39-,40+,44-,52?,53?,56-,57?,59-,60+,61+,62+;;/m1../s1. The number of aryl methyl sites for hydroxylation is 2. The van der Waals surface area contributed by atoms with E-state index in [0.29, 0.717) is 82.1 Å². The number of hydrogen-bond donors (Lipinski definition) is 8. The Kier molecular flexibility index (Phi) is 21.5. The van der Waals surface area contributed by atoms with Crippen LogP contribution in [0.15, 0.2) is 67.8 Å². The summed E-state index contributed by atoms with van der Waals surface area (Å²) in [5.74, 6) is -4.06. The van der Waals surface area contributed by atoms with E-state index >= 15 is 0 Å². The van der Waals surface area contributed by atoms with Crippen molar-refractivity contribution < 1.29 is 79.0 Å². The minimum absolute atomic E-state index is 0. The van der Waals surface area contributed by atoms with E-state index in [9.17, 15) is 48.4 Å². The number of phosphoric ester groups is 1. The van der Waals surface area contributed by atoms with Crippen LogP contribution in [0.4, 0.5) is 0 Å². The van der Waals surface area contributed by atoms with Crippen molar-refractivity contribution in [3.63, 3.8) is 0 Å². The molecule has 6 amide bonds. The normalized spacial score (nSPS) is 32.1. The van der Waals surface area contributed by atoms with Gasteiger partial charge in [-0.15, -0.1) is 0 Å². The first-order valence-electron chi connectivity index (χ1n) is 30.4. The van der Waals surface area contributed by atoms with Crippen LogP contribution in [0.25, 0.3) is 16.4 Å². The van der Waals surface area contributed by atoms with Crippen molar-refractivity contribution in [1.29, 1.82) is 0 Å². The molecule has 4 unspecified atom stereocenters. The fraction of sp³-hybridized carbons (Fsp3) is 0.645. The molecule has 6 aliphatic rings. The molecular weight excluding hydrogens is 1210 g/mol. The number of ether oxygens (including phenoxy) is 1. The molecule has 11 N–H and O–H groups in total. The van der Waals surface area contributed by atoms with Crippen molar-refractivity contribution in [2.24, 2.45) is 77.5 Å². The number of phosphoric acid groups is 1. The number of nitrogens with zero attached hydrogens (tertiary/aromatic N) is 6. The van der Waals surface area contributed by atoms with Crippen LogP contribution < -0.4 is 38.0 Å². The molecule has 8 bridgehead atoms. The van der Waals surface area contributed by atoms with E-state index in [4.69, 9.17) is 51.3 Å². The summed E-state index contributed by atoms with van der Waals surface area (Å²) < 4.78 is 32.0. The first-order valence-corrected chi connectivity index (χ1v) is 31.9. The summed E-state index contributed by atoms with van der Waals surface area (Å²) in [4.78, 5) is 113. The molecule has 0 aliphatic carbocycles. The molecular formula is C62H90CoN12O13P. The van der Waals surface area contributed by atoms with Gasteiger partial charge in [-0.1, -0.05) is 54.0 Å². The summed E-state index contributed by atoms with van der Waals surface area (Å²) in [6, 6.07) is 2.90. The van der Waals surface area contributed by atoms with E-state index in [1.807, 2.05) is 73.6 Å². The van der Waals surface area contributed by atoms with Gasteiger partial charge in [-0.2, -0.15) is 11.4 Å². The number of nitrogens with one attached hydrogen (secondary N) is 3. The summed E-state index contributed by atoms with van der Waals surface area (Å²) in [5, 5.41) is 35.9. The van der Waals surface area contributed by atoms with E-state index in [1.165, 1.54) is 13.3 Å². The number of nitrogens with two attached hydrogens (primary N) is 3. The van der Waals surface area contributed by atoms with Crippen LogP contribution in [0.2, 0.25) is 0 Å². The monoisotopic (exact) mass is 1300 g/mol. The second kappa shape index (κ2) is 27.1. The van der Waals surface area contributed by atoms with Gasteiger partial charge >= 0.3 is 16.8 Å². The van der Waals surface area contributed by atoms with Crippen LogP contribution in [-0.4, -0.2) is 136 Å². The summed E-state index contributed by atoms with van der Waals surface area (Å²) in [7, 11) is -5.28. The zero-order valence-electron chi connectivity index (χ0n) is 53.0. The second-order valence-corrected chi connectivity index (χ2v) is 27.8. The molecule has 25 nitrogen and oxygen atoms in total. The quantitative estimate of drug-likeness (QED) is 0.0456. The molecule has 1 aromatic heterocycles. The van der Waals surface area contributed by atoms with Gasteiger partial charge in [-0.05, 0) is 113 Å². The molecule has 1 aromatic carbocycles. The third-order valence-corrected chi connectivity index (χ3v) is 21.5. The fourth-order valence-corrected chi connectivity index (χ4v) is 16.3. The molecule has 8 rings (SSSR count). The third kappa shape index (κ3) is 13.3. The van der Waals surface area contributed by atoms with Gasteiger partial charge in [0.05, 0.1) is 47.3 Å². The van der Waals surface area contributed by atoms with Crippen LogP contribution in [-0.2, 0) is 63.9 Å². The average Bonchev–Trinajstić information content (AvgIpc) is 1.54. The number of rotatable bonds is 27. The van der Waals surface area contributed by atoms with Crippen LogP contribution in [0.1, 0.15) is 144 Å². The first-order chi connectivity index (χ1) is 41.3. The van der Waals surface area contributed by atoms with Gasteiger partial charge in [0.2, 0.25) is 36.4 Å². The van der Waals surface area contributed by atoms with Gasteiger partial charge in [-0.3, -0.25) is 48.3 Å². The van der Waals surface area contributed by atoms with Crippen molar-refractivity contribution >= 4 is 72.4 Å². The molecule has 2 fully saturated rings. The number of aliphatic imine (C=N–C) groups is 3. The van der Waals surface area contributed by atoms with Gasteiger partial charge in [-0.25, -0.2) is 4.98 Å². The molecule has 27 heteroatoms. The number of benzene rings is 1. The minimum atomic E-state index is -5.28. The predicted octanol–water partition coefficient (Wildman–Crippen LogP) is 4.32. The van der Waals surface area contributed by atoms with Gasteiger partial charge in [0.15, 0.2) is 6.23 Å². The molecule has 2 saturated heterocycles. The molecule has 15 atom stereocenters. The van der Waals surface area contributed by atoms with E-state index in [-0.39, 0.29) is 80.9 Å². The van der Waals surface area contributed by atoms with Gasteiger partial charge in [0.1, 0.15) is 18.3 Å². The third-order valence-electron chi connectivity index (χ3n) is 20.4. The Labute approximate surface area is 530 Å². The number of amides is 6. The molecule has 89 heavy (non-hydrogen) atoms. The number of carbonyl (C=O) groups excluding carboxylic acids is 6. The predicted molar refractivity (Wildman–Crippen MR) is 330 cm³/mol. The summed E-state index contributed by atoms with van der Waals surface area (Å²) in [5.41, 5.74) is 21.0. The Morgan fingerprint density at radius 2 is 1.56 bits per heavy atom. The number of carbonyl (C=O) groups is 6. The topological polar surface area (TPSA) is 394 Å². The van der Waals surface area contributed by atoms with Crippen molar-refractivity contribution in [3.05, 3.63) is 69.2 Å². The number of fused-ring (bicyclic) bond motifs is 7. The zero-order chi connectivity index (χ0) is 64.8. The number of primary amides is 3. The molecule has 490 valence electrons. The zero-order valence-corrected chi connectivity index (χ0v) is 55.0. The van der Waals surface area contributed by atoms with Crippen molar-refractivity contribution in [1.82, 2.24) is 25.5 Å². The molecule has 6 aliphatic heterocycles. The maximum absolute atomic E-state index is 14.4. The molecule has 7 heterocycles. The van der Waals surface area contributed by atoms with Crippen molar-refractivity contribution in [2.45, 2.75) is 183 Å². The van der Waals surface area contributed by atoms with Gasteiger partial charge in [0, 0.05) is 96.5 Å². The Morgan fingerprint density at radius 3 is 2.18 bits per heavy atom. The number of hydrogen-bond acceptors (Lipinski definition) is 17. The molecule has 1 radical (unpaired) electrons. The summed E-state index contributed by atoms with van der Waals surface area (Å²) in [6.45, 7) is 22.2. The van der Waals surface area contributed by atoms with Crippen molar-refractivity contribution in [3.8, 4) is 0 Å². The first kappa shape index (κ1) is 70.5. The number of aromatic nitrogens is 2. The van der Waals surface area contributed by atoms with E-state index < -0.39 is 120 Å². The van der Waals surface area contributed by atoms with E-state index in [2.05, 4.69) is 41.7 Å². The molecule has 0 spiro atoms. The summed E-state index contributed by atoms with van der Waals surface area (Å²) >= 11 is 0. The van der Waals surface area contributed by atoms with E-state index in [1.54, 1.807) is 4.57 Å². The maximum atomic E-state index is 14.4. The number of imidazole rings is 1. The van der Waals surface area contributed by atoms with Crippen LogP contribution >= 0.6 is 7.82 Å². The van der Waals surface area contributed by atoms with Crippen LogP contribution in [0.5, 0.6) is 0 Å².